The standard InChI is InChI=1S/C27H23ClN4O2/c1-17-5-4-6-18(13-17)22-15-26(33)31(2)24-12-9-20(14-23(22)24)27(34,25-16-29-30-32(25)3)19-7-10-21(28)11-8-19/h4-16,34H,1-3H3/t27-/m1/s1. The Bertz CT molecular complexity index is 1590. The van der Waals surface area contributed by atoms with E-state index in [2.05, 4.69) is 16.4 Å². The molecule has 0 fully saturated rings. The molecule has 0 aliphatic carbocycles. The Morgan fingerprint density at radius 2 is 1.68 bits per heavy atom. The minimum Gasteiger partial charge on any atom is -0.374 e. The number of hydrogen-bond donors (Lipinski definition) is 1. The van der Waals surface area contributed by atoms with Gasteiger partial charge in [0, 0.05) is 30.6 Å². The van der Waals surface area contributed by atoms with Gasteiger partial charge in [-0.15, -0.1) is 5.10 Å². The molecule has 170 valence electrons. The van der Waals surface area contributed by atoms with Crippen molar-refractivity contribution in [2.75, 3.05) is 0 Å². The summed E-state index contributed by atoms with van der Waals surface area (Å²) in [5.74, 6) is 0. The fraction of sp³-hybridized carbons (Fsp3) is 0.148. The number of aliphatic hydroxyl groups is 1. The molecule has 0 spiro atoms. The number of pyridine rings is 1. The highest BCUT2D eigenvalue weighted by molar-refractivity contribution is 6.30. The molecule has 0 unspecified atom stereocenters. The molecule has 0 amide bonds. The van der Waals surface area contributed by atoms with Gasteiger partial charge in [0.2, 0.25) is 0 Å². The largest absolute Gasteiger partial charge is 0.374 e. The van der Waals surface area contributed by atoms with Gasteiger partial charge in [-0.05, 0) is 53.4 Å². The number of aryl methyl sites for hydroxylation is 3. The van der Waals surface area contributed by atoms with E-state index in [0.717, 1.165) is 27.6 Å². The van der Waals surface area contributed by atoms with E-state index in [1.807, 2.05) is 43.3 Å². The average Bonchev–Trinajstić information content (AvgIpc) is 3.27. The Morgan fingerprint density at radius 3 is 2.35 bits per heavy atom. The molecular weight excluding hydrogens is 448 g/mol. The van der Waals surface area contributed by atoms with E-state index in [1.165, 1.54) is 0 Å². The molecule has 0 aliphatic rings. The second-order valence-corrected chi connectivity index (χ2v) is 8.95. The third-order valence-corrected chi connectivity index (χ3v) is 6.59. The van der Waals surface area contributed by atoms with Crippen LogP contribution in [0.2, 0.25) is 5.02 Å². The molecular formula is C27H23ClN4O2. The van der Waals surface area contributed by atoms with Gasteiger partial charge in [-0.1, -0.05) is 64.8 Å². The first-order valence-electron chi connectivity index (χ1n) is 10.8. The van der Waals surface area contributed by atoms with Crippen LogP contribution in [-0.2, 0) is 19.7 Å². The van der Waals surface area contributed by atoms with Gasteiger partial charge in [0.05, 0.1) is 17.4 Å². The van der Waals surface area contributed by atoms with Crippen LogP contribution in [0.1, 0.15) is 22.4 Å². The van der Waals surface area contributed by atoms with E-state index in [-0.39, 0.29) is 5.56 Å². The van der Waals surface area contributed by atoms with E-state index >= 15 is 0 Å². The normalized spacial score (nSPS) is 13.2. The van der Waals surface area contributed by atoms with Crippen molar-refractivity contribution in [2.24, 2.45) is 14.1 Å². The zero-order valence-corrected chi connectivity index (χ0v) is 19.8. The van der Waals surface area contributed by atoms with E-state index in [0.29, 0.717) is 21.8 Å². The Kier molecular flexibility index (Phi) is 5.35. The number of aromatic nitrogens is 4. The topological polar surface area (TPSA) is 72.9 Å². The summed E-state index contributed by atoms with van der Waals surface area (Å²) < 4.78 is 3.17. The first-order chi connectivity index (χ1) is 16.3. The molecule has 0 saturated heterocycles. The molecule has 5 aromatic rings. The Labute approximate surface area is 201 Å². The molecule has 6 nitrogen and oxygen atoms in total. The van der Waals surface area contributed by atoms with Crippen LogP contribution in [0.5, 0.6) is 0 Å². The van der Waals surface area contributed by atoms with Crippen molar-refractivity contribution in [1.82, 2.24) is 19.6 Å². The molecule has 1 N–H and O–H groups in total. The minimum absolute atomic E-state index is 0.0967. The maximum atomic E-state index is 12.8. The molecule has 2 aromatic heterocycles. The van der Waals surface area contributed by atoms with Crippen molar-refractivity contribution >= 4 is 22.5 Å². The van der Waals surface area contributed by atoms with Crippen molar-refractivity contribution in [3.05, 3.63) is 117 Å². The van der Waals surface area contributed by atoms with Crippen molar-refractivity contribution in [3.63, 3.8) is 0 Å². The quantitative estimate of drug-likeness (QED) is 0.417. The summed E-state index contributed by atoms with van der Waals surface area (Å²) in [6.07, 6.45) is 1.56. The SMILES string of the molecule is Cc1cccc(-c2cc(=O)n(C)c3ccc([C@](O)(c4ccc(Cl)cc4)c4cnnn4C)cc23)c1. The van der Waals surface area contributed by atoms with Gasteiger partial charge in [0.1, 0.15) is 0 Å². The summed E-state index contributed by atoms with van der Waals surface area (Å²) in [5.41, 5.74) is 3.74. The van der Waals surface area contributed by atoms with Crippen molar-refractivity contribution in [2.45, 2.75) is 12.5 Å². The average molecular weight is 471 g/mol. The second-order valence-electron chi connectivity index (χ2n) is 8.52. The van der Waals surface area contributed by atoms with Gasteiger partial charge < -0.3 is 9.67 Å². The van der Waals surface area contributed by atoms with Crippen LogP contribution < -0.4 is 5.56 Å². The maximum Gasteiger partial charge on any atom is 0.251 e. The Balaban J connectivity index is 1.84. The Hall–Kier alpha value is -3.74. The van der Waals surface area contributed by atoms with E-state index in [9.17, 15) is 9.90 Å². The molecule has 2 heterocycles. The van der Waals surface area contributed by atoms with Gasteiger partial charge in [-0.25, -0.2) is 4.68 Å². The first-order valence-corrected chi connectivity index (χ1v) is 11.2. The molecule has 7 heteroatoms. The molecule has 0 aliphatic heterocycles. The summed E-state index contributed by atoms with van der Waals surface area (Å²) in [6, 6.07) is 22.4. The maximum absolute atomic E-state index is 12.8. The summed E-state index contributed by atoms with van der Waals surface area (Å²) in [6.45, 7) is 2.02. The van der Waals surface area contributed by atoms with E-state index < -0.39 is 5.60 Å². The van der Waals surface area contributed by atoms with E-state index in [4.69, 9.17) is 11.6 Å². The van der Waals surface area contributed by atoms with Crippen molar-refractivity contribution < 1.29 is 5.11 Å². The van der Waals surface area contributed by atoms with Crippen molar-refractivity contribution in [1.29, 1.82) is 0 Å². The molecule has 34 heavy (non-hydrogen) atoms. The molecule has 1 atom stereocenters. The van der Waals surface area contributed by atoms with Gasteiger partial charge in [0.15, 0.2) is 5.60 Å². The highest BCUT2D eigenvalue weighted by Crippen LogP contribution is 2.39. The van der Waals surface area contributed by atoms with Gasteiger partial charge in [-0.3, -0.25) is 4.79 Å². The molecule has 3 aromatic carbocycles. The van der Waals surface area contributed by atoms with Crippen LogP contribution in [0, 0.1) is 6.92 Å². The smallest absolute Gasteiger partial charge is 0.251 e. The summed E-state index contributed by atoms with van der Waals surface area (Å²) >= 11 is 6.13. The van der Waals surface area contributed by atoms with Crippen molar-refractivity contribution in [3.8, 4) is 11.1 Å². The van der Waals surface area contributed by atoms with Gasteiger partial charge in [-0.2, -0.15) is 0 Å². The lowest BCUT2D eigenvalue weighted by atomic mass is 9.82. The third-order valence-electron chi connectivity index (χ3n) is 6.34. The lowest BCUT2D eigenvalue weighted by Crippen LogP contribution is -2.31. The summed E-state index contributed by atoms with van der Waals surface area (Å²) in [5, 5.41) is 21.7. The van der Waals surface area contributed by atoms with Crippen LogP contribution in [0.4, 0.5) is 0 Å². The summed E-state index contributed by atoms with van der Waals surface area (Å²) in [7, 11) is 3.49. The number of halogens is 1. The minimum atomic E-state index is -1.55. The molecule has 0 bridgehead atoms. The number of rotatable bonds is 4. The lowest BCUT2D eigenvalue weighted by Gasteiger charge is -2.29. The van der Waals surface area contributed by atoms with Crippen LogP contribution in [-0.4, -0.2) is 24.7 Å². The van der Waals surface area contributed by atoms with Crippen LogP contribution in [0.3, 0.4) is 0 Å². The van der Waals surface area contributed by atoms with Crippen LogP contribution in [0.25, 0.3) is 22.0 Å². The second kappa shape index (κ2) is 8.24. The van der Waals surface area contributed by atoms with Gasteiger partial charge >= 0.3 is 0 Å². The summed E-state index contributed by atoms with van der Waals surface area (Å²) in [4.78, 5) is 12.8. The number of benzene rings is 3. The van der Waals surface area contributed by atoms with Gasteiger partial charge in [0.25, 0.3) is 5.56 Å². The van der Waals surface area contributed by atoms with E-state index in [1.54, 1.807) is 59.9 Å². The highest BCUT2D eigenvalue weighted by atomic mass is 35.5. The number of hydrogen-bond acceptors (Lipinski definition) is 4. The fourth-order valence-corrected chi connectivity index (χ4v) is 4.63. The predicted octanol–water partition coefficient (Wildman–Crippen LogP) is 4.58. The number of fused-ring (bicyclic) bond motifs is 1. The third kappa shape index (κ3) is 3.52. The Morgan fingerprint density at radius 1 is 0.941 bits per heavy atom. The molecule has 0 radical (unpaired) electrons. The van der Waals surface area contributed by atoms with Crippen LogP contribution >= 0.6 is 11.6 Å². The highest BCUT2D eigenvalue weighted by Gasteiger charge is 2.37. The lowest BCUT2D eigenvalue weighted by molar-refractivity contribution is 0.116. The fourth-order valence-electron chi connectivity index (χ4n) is 4.51. The zero-order valence-electron chi connectivity index (χ0n) is 19.0. The molecule has 5 rings (SSSR count). The molecule has 0 saturated carbocycles. The monoisotopic (exact) mass is 470 g/mol. The number of nitrogens with zero attached hydrogens (tertiary/aromatic N) is 4. The van der Waals surface area contributed by atoms with Crippen LogP contribution in [0.15, 0.2) is 83.8 Å². The zero-order chi connectivity index (χ0) is 24.0. The predicted molar refractivity (Wildman–Crippen MR) is 134 cm³/mol. The first kappa shape index (κ1) is 22.1.